The van der Waals surface area contributed by atoms with Gasteiger partial charge in [0.25, 0.3) is 5.91 Å². The number of hydrogen-bond acceptors (Lipinski definition) is 4. The fourth-order valence-corrected chi connectivity index (χ4v) is 3.45. The summed E-state index contributed by atoms with van der Waals surface area (Å²) in [4.78, 5) is 13.0. The molecule has 1 amide bonds. The predicted octanol–water partition coefficient (Wildman–Crippen LogP) is 4.44. The Morgan fingerprint density at radius 3 is 2.81 bits per heavy atom. The maximum atomic E-state index is 12.3. The van der Waals surface area contributed by atoms with Gasteiger partial charge in [0.1, 0.15) is 12.4 Å². The Hall–Kier alpha value is -2.31. The number of aromatic nitrogens is 2. The molecule has 0 aliphatic carbocycles. The maximum Gasteiger partial charge on any atom is 0.261 e. The smallest absolute Gasteiger partial charge is 0.261 e. The van der Waals surface area contributed by atoms with E-state index in [1.54, 1.807) is 18.3 Å². The second-order valence-electron chi connectivity index (χ2n) is 5.82. The number of ether oxygens (including phenoxy) is 1. The zero-order chi connectivity index (χ0) is 18.5. The van der Waals surface area contributed by atoms with Crippen LogP contribution in [0.2, 0.25) is 5.02 Å². The first-order valence-electron chi connectivity index (χ1n) is 8.32. The Bertz CT molecular complexity index is 887. The summed E-state index contributed by atoms with van der Waals surface area (Å²) in [7, 11) is 0. The molecule has 0 atom stereocenters. The van der Waals surface area contributed by atoms with Crippen molar-refractivity contribution < 1.29 is 9.53 Å². The second kappa shape index (κ2) is 8.38. The molecule has 0 aliphatic heterocycles. The van der Waals surface area contributed by atoms with Crippen LogP contribution in [0.4, 0.5) is 0 Å². The van der Waals surface area contributed by atoms with Crippen LogP contribution in [-0.4, -0.2) is 15.7 Å². The molecule has 0 saturated carbocycles. The highest BCUT2D eigenvalue weighted by Crippen LogP contribution is 2.20. The summed E-state index contributed by atoms with van der Waals surface area (Å²) in [6, 6.07) is 9.07. The van der Waals surface area contributed by atoms with Gasteiger partial charge in [-0.3, -0.25) is 9.48 Å². The van der Waals surface area contributed by atoms with Gasteiger partial charge in [-0.1, -0.05) is 11.6 Å². The minimum absolute atomic E-state index is 0.0867. The number of amides is 1. The average Bonchev–Trinajstić information content (AvgIpc) is 3.26. The molecule has 0 saturated heterocycles. The molecule has 26 heavy (non-hydrogen) atoms. The van der Waals surface area contributed by atoms with E-state index in [-0.39, 0.29) is 5.91 Å². The minimum atomic E-state index is -0.0867. The van der Waals surface area contributed by atoms with Crippen molar-refractivity contribution in [1.82, 2.24) is 15.1 Å². The van der Waals surface area contributed by atoms with Gasteiger partial charge < -0.3 is 10.1 Å². The van der Waals surface area contributed by atoms with Crippen LogP contribution < -0.4 is 10.1 Å². The summed E-state index contributed by atoms with van der Waals surface area (Å²) < 4.78 is 7.62. The molecule has 5 nitrogen and oxygen atoms in total. The molecular formula is C19H20ClN3O2S. The third-order valence-corrected chi connectivity index (χ3v) is 5.27. The molecule has 0 aliphatic rings. The van der Waals surface area contributed by atoms with E-state index in [1.807, 2.05) is 42.1 Å². The van der Waals surface area contributed by atoms with Crippen LogP contribution in [-0.2, 0) is 19.7 Å². The summed E-state index contributed by atoms with van der Waals surface area (Å²) in [5.41, 5.74) is 3.07. The van der Waals surface area contributed by atoms with Crippen LogP contribution in [0.5, 0.6) is 5.75 Å². The molecule has 0 bridgehead atoms. The molecule has 0 spiro atoms. The number of benzene rings is 1. The van der Waals surface area contributed by atoms with Gasteiger partial charge in [0.15, 0.2) is 0 Å². The van der Waals surface area contributed by atoms with Crippen molar-refractivity contribution in [1.29, 1.82) is 0 Å². The summed E-state index contributed by atoms with van der Waals surface area (Å²) in [5, 5.41) is 9.85. The molecule has 3 aromatic rings. The van der Waals surface area contributed by atoms with Crippen molar-refractivity contribution in [3.8, 4) is 5.75 Å². The minimum Gasteiger partial charge on any atom is -0.489 e. The van der Waals surface area contributed by atoms with Gasteiger partial charge in [0.2, 0.25) is 0 Å². The molecule has 136 valence electrons. The Morgan fingerprint density at radius 1 is 1.35 bits per heavy atom. The number of aryl methyl sites for hydroxylation is 1. The highest BCUT2D eigenvalue weighted by Gasteiger charge is 2.11. The quantitative estimate of drug-likeness (QED) is 0.650. The summed E-state index contributed by atoms with van der Waals surface area (Å²) in [6.45, 7) is 5.76. The van der Waals surface area contributed by atoms with E-state index in [4.69, 9.17) is 16.3 Å². The number of nitrogens with zero attached hydrogens (tertiary/aromatic N) is 2. The van der Waals surface area contributed by atoms with Crippen LogP contribution in [0.15, 0.2) is 41.9 Å². The van der Waals surface area contributed by atoms with Crippen molar-refractivity contribution in [2.75, 3.05) is 0 Å². The number of carbonyl (C=O) groups excluding carboxylic acids is 1. The van der Waals surface area contributed by atoms with Crippen molar-refractivity contribution in [2.24, 2.45) is 0 Å². The van der Waals surface area contributed by atoms with Gasteiger partial charge in [-0.2, -0.15) is 5.10 Å². The Labute approximate surface area is 161 Å². The van der Waals surface area contributed by atoms with Crippen molar-refractivity contribution in [3.05, 3.63) is 68.6 Å². The van der Waals surface area contributed by atoms with Crippen LogP contribution in [0, 0.1) is 6.92 Å². The number of hydrogen-bond donors (Lipinski definition) is 1. The predicted molar refractivity (Wildman–Crippen MR) is 104 cm³/mol. The normalized spacial score (nSPS) is 10.7. The number of rotatable bonds is 7. The van der Waals surface area contributed by atoms with E-state index in [0.29, 0.717) is 23.1 Å². The lowest BCUT2D eigenvalue weighted by Gasteiger charge is -2.05. The molecule has 2 aromatic heterocycles. The highest BCUT2D eigenvalue weighted by molar-refractivity contribution is 7.12. The summed E-state index contributed by atoms with van der Waals surface area (Å²) in [5.74, 6) is 0.659. The summed E-state index contributed by atoms with van der Waals surface area (Å²) >= 11 is 7.27. The van der Waals surface area contributed by atoms with Crippen LogP contribution in [0.1, 0.15) is 33.4 Å². The van der Waals surface area contributed by atoms with Crippen molar-refractivity contribution in [2.45, 2.75) is 33.5 Å². The molecule has 0 unspecified atom stereocenters. The van der Waals surface area contributed by atoms with Crippen molar-refractivity contribution in [3.63, 3.8) is 0 Å². The van der Waals surface area contributed by atoms with Gasteiger partial charge >= 0.3 is 0 Å². The Balaban J connectivity index is 1.54. The Morgan fingerprint density at radius 2 is 2.12 bits per heavy atom. The van der Waals surface area contributed by atoms with Crippen LogP contribution >= 0.6 is 22.9 Å². The second-order valence-corrected chi connectivity index (χ2v) is 7.16. The van der Waals surface area contributed by atoms with Crippen LogP contribution in [0.3, 0.4) is 0 Å². The number of thiophene rings is 1. The molecule has 3 rings (SSSR count). The third-order valence-electron chi connectivity index (χ3n) is 4.04. The van der Waals surface area contributed by atoms with Gasteiger partial charge in [-0.25, -0.2) is 0 Å². The Kier molecular flexibility index (Phi) is 5.96. The number of nitrogens with one attached hydrogen (secondary N) is 1. The monoisotopic (exact) mass is 389 g/mol. The first kappa shape index (κ1) is 18.5. The third kappa shape index (κ3) is 4.45. The van der Waals surface area contributed by atoms with Crippen molar-refractivity contribution >= 4 is 28.8 Å². The highest BCUT2D eigenvalue weighted by atomic mass is 35.5. The topological polar surface area (TPSA) is 56.2 Å². The van der Waals surface area contributed by atoms with E-state index in [2.05, 4.69) is 10.4 Å². The standard InChI is InChI=1S/C19H20ClN3O2S/c1-3-23-13(2)15(10-22-23)9-21-19(24)18-8-14(12-26-18)11-25-17-6-4-16(20)5-7-17/h4-8,10,12H,3,9,11H2,1-2H3,(H,21,24). The lowest BCUT2D eigenvalue weighted by Crippen LogP contribution is -2.22. The molecule has 0 radical (unpaired) electrons. The first-order valence-corrected chi connectivity index (χ1v) is 9.58. The van der Waals surface area contributed by atoms with E-state index in [1.165, 1.54) is 11.3 Å². The molecule has 1 aromatic carbocycles. The van der Waals surface area contributed by atoms with E-state index in [0.717, 1.165) is 29.1 Å². The summed E-state index contributed by atoms with van der Waals surface area (Å²) in [6.07, 6.45) is 1.80. The van der Waals surface area contributed by atoms with Gasteiger partial charge in [0.05, 0.1) is 11.1 Å². The number of carbonyl (C=O) groups is 1. The maximum absolute atomic E-state index is 12.3. The SMILES string of the molecule is CCn1ncc(CNC(=O)c2cc(COc3ccc(Cl)cc3)cs2)c1C. The van der Waals surface area contributed by atoms with E-state index in [9.17, 15) is 4.79 Å². The van der Waals surface area contributed by atoms with Gasteiger partial charge in [-0.15, -0.1) is 11.3 Å². The van der Waals surface area contributed by atoms with Gasteiger partial charge in [0, 0.05) is 34.9 Å². The fourth-order valence-electron chi connectivity index (χ4n) is 2.51. The average molecular weight is 390 g/mol. The zero-order valence-corrected chi connectivity index (χ0v) is 16.2. The zero-order valence-electron chi connectivity index (χ0n) is 14.7. The molecular weight excluding hydrogens is 370 g/mol. The lowest BCUT2D eigenvalue weighted by atomic mass is 10.2. The molecule has 0 fully saturated rings. The lowest BCUT2D eigenvalue weighted by molar-refractivity contribution is 0.0955. The number of halogens is 1. The molecule has 1 N–H and O–H groups in total. The van der Waals surface area contributed by atoms with Crippen LogP contribution in [0.25, 0.3) is 0 Å². The largest absolute Gasteiger partial charge is 0.489 e. The first-order chi connectivity index (χ1) is 12.6. The van der Waals surface area contributed by atoms with Gasteiger partial charge in [-0.05, 0) is 49.6 Å². The van der Waals surface area contributed by atoms with E-state index < -0.39 is 0 Å². The van der Waals surface area contributed by atoms with E-state index >= 15 is 0 Å². The molecule has 7 heteroatoms. The fraction of sp³-hybridized carbons (Fsp3) is 0.263. The molecule has 2 heterocycles.